The van der Waals surface area contributed by atoms with Gasteiger partial charge in [0.15, 0.2) is 0 Å². The number of halogens is 1. The van der Waals surface area contributed by atoms with Gasteiger partial charge in [0.25, 0.3) is 0 Å². The number of nitrogens with zero attached hydrogens (tertiary/aromatic N) is 1. The van der Waals surface area contributed by atoms with E-state index < -0.39 is 0 Å². The molecule has 1 heterocycles. The molecule has 0 bridgehead atoms. The second-order valence-electron chi connectivity index (χ2n) is 6.44. The average molecular weight is 276 g/mol. The molecule has 1 saturated carbocycles. The first-order valence-corrected chi connectivity index (χ1v) is 7.94. The zero-order chi connectivity index (χ0) is 14.0. The van der Waals surface area contributed by atoms with E-state index in [2.05, 4.69) is 17.1 Å². The second kappa shape index (κ2) is 5.82. The molecule has 1 atom stereocenters. The van der Waals surface area contributed by atoms with Crippen molar-refractivity contribution >= 4 is 0 Å². The fraction of sp³-hybridized carbons (Fsp3) is 0.647. The van der Waals surface area contributed by atoms with Crippen LogP contribution in [0, 0.1) is 5.82 Å². The van der Waals surface area contributed by atoms with E-state index in [1.54, 1.807) is 12.1 Å². The fourth-order valence-corrected chi connectivity index (χ4v) is 3.89. The van der Waals surface area contributed by atoms with Gasteiger partial charge in [0.2, 0.25) is 0 Å². The third-order valence-corrected chi connectivity index (χ3v) is 5.12. The Morgan fingerprint density at radius 3 is 2.70 bits per heavy atom. The van der Waals surface area contributed by atoms with Crippen LogP contribution in [0.2, 0.25) is 0 Å². The van der Waals surface area contributed by atoms with Crippen molar-refractivity contribution in [3.63, 3.8) is 0 Å². The molecule has 1 aromatic carbocycles. The van der Waals surface area contributed by atoms with Crippen molar-refractivity contribution in [1.82, 2.24) is 10.2 Å². The Morgan fingerprint density at radius 1 is 1.20 bits per heavy atom. The normalized spacial score (nSPS) is 24.7. The van der Waals surface area contributed by atoms with Crippen molar-refractivity contribution in [2.45, 2.75) is 50.6 Å². The molecule has 110 valence electrons. The minimum atomic E-state index is -0.0729. The minimum absolute atomic E-state index is 0.0729. The molecule has 0 radical (unpaired) electrons. The summed E-state index contributed by atoms with van der Waals surface area (Å²) in [5.41, 5.74) is 1.12. The summed E-state index contributed by atoms with van der Waals surface area (Å²) in [5.74, 6) is -0.0729. The van der Waals surface area contributed by atoms with Crippen LogP contribution < -0.4 is 5.32 Å². The predicted molar refractivity (Wildman–Crippen MR) is 80.2 cm³/mol. The number of benzene rings is 1. The standard InChI is InChI=1S/C17H25FN2/c1-14(15-7-3-4-8-16(15)18)20-12-11-19-17(13-20)9-5-2-6-10-17/h3-4,7-8,14,19H,2,5-6,9-13H2,1H3. The zero-order valence-corrected chi connectivity index (χ0v) is 12.4. The van der Waals surface area contributed by atoms with Gasteiger partial charge >= 0.3 is 0 Å². The molecule has 1 aliphatic heterocycles. The molecule has 1 unspecified atom stereocenters. The van der Waals surface area contributed by atoms with Gasteiger partial charge in [-0.25, -0.2) is 4.39 Å². The van der Waals surface area contributed by atoms with E-state index in [-0.39, 0.29) is 17.4 Å². The molecule has 1 N–H and O–H groups in total. The summed E-state index contributed by atoms with van der Waals surface area (Å²) in [6, 6.07) is 7.37. The Labute approximate surface area is 121 Å². The Morgan fingerprint density at radius 2 is 1.95 bits per heavy atom. The minimum Gasteiger partial charge on any atom is -0.309 e. The maximum atomic E-state index is 14.0. The lowest BCUT2D eigenvalue weighted by atomic mass is 9.79. The summed E-state index contributed by atoms with van der Waals surface area (Å²) < 4.78 is 14.0. The molecule has 3 rings (SSSR count). The van der Waals surface area contributed by atoms with E-state index >= 15 is 0 Å². The van der Waals surface area contributed by atoms with Gasteiger partial charge in [-0.05, 0) is 25.8 Å². The first-order valence-electron chi connectivity index (χ1n) is 7.94. The van der Waals surface area contributed by atoms with Gasteiger partial charge in [0.1, 0.15) is 5.82 Å². The molecule has 0 amide bonds. The highest BCUT2D eigenvalue weighted by Gasteiger charge is 2.37. The summed E-state index contributed by atoms with van der Waals surface area (Å²) in [7, 11) is 0. The summed E-state index contributed by atoms with van der Waals surface area (Å²) >= 11 is 0. The largest absolute Gasteiger partial charge is 0.309 e. The van der Waals surface area contributed by atoms with Crippen LogP contribution in [0.4, 0.5) is 4.39 Å². The molecule has 2 nitrogen and oxygen atoms in total. The molecule has 1 aliphatic carbocycles. The Balaban J connectivity index is 1.75. The highest BCUT2D eigenvalue weighted by molar-refractivity contribution is 5.21. The molecule has 2 fully saturated rings. The quantitative estimate of drug-likeness (QED) is 0.889. The second-order valence-corrected chi connectivity index (χ2v) is 6.44. The van der Waals surface area contributed by atoms with Gasteiger partial charge in [0, 0.05) is 36.8 Å². The van der Waals surface area contributed by atoms with E-state index in [0.717, 1.165) is 25.2 Å². The van der Waals surface area contributed by atoms with E-state index in [1.807, 2.05) is 12.1 Å². The lowest BCUT2D eigenvalue weighted by molar-refractivity contribution is 0.0719. The Bertz CT molecular complexity index is 449. The first kappa shape index (κ1) is 14.0. The Kier molecular flexibility index (Phi) is 4.08. The van der Waals surface area contributed by atoms with Crippen LogP contribution in [0.15, 0.2) is 24.3 Å². The summed E-state index contributed by atoms with van der Waals surface area (Å²) in [5, 5.41) is 3.75. The molecular weight excluding hydrogens is 251 g/mol. The molecule has 1 spiro atoms. The monoisotopic (exact) mass is 276 g/mol. The number of rotatable bonds is 2. The lowest BCUT2D eigenvalue weighted by Crippen LogP contribution is -2.61. The van der Waals surface area contributed by atoms with Crippen LogP contribution in [0.3, 0.4) is 0 Å². The summed E-state index contributed by atoms with van der Waals surface area (Å²) in [6.45, 7) is 5.23. The molecule has 20 heavy (non-hydrogen) atoms. The third-order valence-electron chi connectivity index (χ3n) is 5.12. The number of piperazine rings is 1. The van der Waals surface area contributed by atoms with Gasteiger partial charge in [-0.2, -0.15) is 0 Å². The molecule has 3 heteroatoms. The smallest absolute Gasteiger partial charge is 0.127 e. The van der Waals surface area contributed by atoms with E-state index in [0.29, 0.717) is 0 Å². The third kappa shape index (κ3) is 2.75. The van der Waals surface area contributed by atoms with Gasteiger partial charge in [-0.1, -0.05) is 37.5 Å². The molecular formula is C17H25FN2. The Hall–Kier alpha value is -0.930. The van der Waals surface area contributed by atoms with Crippen LogP contribution in [0.25, 0.3) is 0 Å². The SMILES string of the molecule is CC(c1ccccc1F)N1CCNC2(CCCCC2)C1. The van der Waals surface area contributed by atoms with Crippen molar-refractivity contribution in [3.8, 4) is 0 Å². The highest BCUT2D eigenvalue weighted by atomic mass is 19.1. The zero-order valence-electron chi connectivity index (χ0n) is 12.4. The lowest BCUT2D eigenvalue weighted by Gasteiger charge is -2.48. The first-order chi connectivity index (χ1) is 9.70. The molecule has 0 aromatic heterocycles. The van der Waals surface area contributed by atoms with E-state index in [9.17, 15) is 4.39 Å². The highest BCUT2D eigenvalue weighted by Crippen LogP contribution is 2.33. The summed E-state index contributed by atoms with van der Waals surface area (Å²) in [6.07, 6.45) is 6.57. The van der Waals surface area contributed by atoms with Crippen molar-refractivity contribution in [2.24, 2.45) is 0 Å². The van der Waals surface area contributed by atoms with Gasteiger partial charge in [0.05, 0.1) is 0 Å². The topological polar surface area (TPSA) is 15.3 Å². The maximum absolute atomic E-state index is 14.0. The fourth-order valence-electron chi connectivity index (χ4n) is 3.89. The van der Waals surface area contributed by atoms with Gasteiger partial charge in [-0.3, -0.25) is 4.90 Å². The number of hydrogen-bond acceptors (Lipinski definition) is 2. The molecule has 1 aromatic rings. The van der Waals surface area contributed by atoms with Crippen LogP contribution in [0.5, 0.6) is 0 Å². The van der Waals surface area contributed by atoms with Gasteiger partial charge < -0.3 is 5.32 Å². The average Bonchev–Trinajstić information content (AvgIpc) is 2.48. The van der Waals surface area contributed by atoms with E-state index in [4.69, 9.17) is 0 Å². The van der Waals surface area contributed by atoms with Crippen LogP contribution in [0.1, 0.15) is 50.6 Å². The van der Waals surface area contributed by atoms with Gasteiger partial charge in [-0.15, -0.1) is 0 Å². The van der Waals surface area contributed by atoms with Crippen molar-refractivity contribution < 1.29 is 4.39 Å². The van der Waals surface area contributed by atoms with Crippen LogP contribution in [-0.2, 0) is 0 Å². The van der Waals surface area contributed by atoms with Crippen molar-refractivity contribution in [1.29, 1.82) is 0 Å². The molecule has 1 saturated heterocycles. The van der Waals surface area contributed by atoms with E-state index in [1.165, 1.54) is 32.1 Å². The number of hydrogen-bond donors (Lipinski definition) is 1. The summed E-state index contributed by atoms with van der Waals surface area (Å²) in [4.78, 5) is 2.46. The number of nitrogens with one attached hydrogen (secondary N) is 1. The van der Waals surface area contributed by atoms with Crippen molar-refractivity contribution in [2.75, 3.05) is 19.6 Å². The van der Waals surface area contributed by atoms with Crippen LogP contribution >= 0.6 is 0 Å². The van der Waals surface area contributed by atoms with Crippen molar-refractivity contribution in [3.05, 3.63) is 35.6 Å². The van der Waals surface area contributed by atoms with Crippen LogP contribution in [-0.4, -0.2) is 30.1 Å². The maximum Gasteiger partial charge on any atom is 0.127 e. The molecule has 2 aliphatic rings. The predicted octanol–water partition coefficient (Wildman–Crippen LogP) is 3.49.